The van der Waals surface area contributed by atoms with Gasteiger partial charge in [0, 0.05) is 35.1 Å². The fourth-order valence-electron chi connectivity index (χ4n) is 3.40. The highest BCUT2D eigenvalue weighted by Gasteiger charge is 2.38. The molecule has 176 valence electrons. The van der Waals surface area contributed by atoms with Crippen molar-refractivity contribution in [2.45, 2.75) is 37.4 Å². The first-order chi connectivity index (χ1) is 15.1. The normalized spacial score (nSPS) is 19.5. The number of nitrogens with zero attached hydrogens (tertiary/aromatic N) is 2. The molecule has 0 spiro atoms. The number of alkyl halides is 5. The smallest absolute Gasteiger partial charge is 0.489 e. The summed E-state index contributed by atoms with van der Waals surface area (Å²) in [5.74, 6) is -1.25. The Kier molecular flexibility index (Phi) is 7.64. The average Bonchev–Trinajstić information content (AvgIpc) is 3.22. The van der Waals surface area contributed by atoms with Crippen LogP contribution < -0.4 is 20.1 Å². The molecule has 1 aliphatic heterocycles. The highest BCUT2D eigenvalue weighted by Crippen LogP contribution is 2.50. The first-order valence-corrected chi connectivity index (χ1v) is 10.4. The molecule has 7 nitrogen and oxygen atoms in total. The van der Waals surface area contributed by atoms with Gasteiger partial charge in [-0.2, -0.15) is 0 Å². The van der Waals surface area contributed by atoms with Crippen molar-refractivity contribution in [2.75, 3.05) is 20.2 Å². The molecule has 13 heteroatoms. The molecule has 1 aromatic carbocycles. The number of thiazole rings is 1. The number of hydrogen-bond donors (Lipinski definition) is 3. The van der Waals surface area contributed by atoms with Gasteiger partial charge >= 0.3 is 6.36 Å². The van der Waals surface area contributed by atoms with Crippen molar-refractivity contribution in [3.8, 4) is 22.8 Å². The highest BCUT2D eigenvalue weighted by atomic mass is 32.1. The quantitative estimate of drug-likeness (QED) is 0.355. The number of aliphatic imine (C=N–C) groups is 1. The van der Waals surface area contributed by atoms with Gasteiger partial charge in [0.15, 0.2) is 11.5 Å². The fraction of sp³-hybridized carbons (Fsp3) is 0.474. The Balaban J connectivity index is 2.06. The second kappa shape index (κ2) is 10.1. The maximum Gasteiger partial charge on any atom is 0.573 e. The molecule has 0 saturated carbocycles. The molecule has 3 unspecified atom stereocenters. The lowest BCUT2D eigenvalue weighted by molar-refractivity contribution is -0.275. The largest absolute Gasteiger partial charge is 0.573 e. The molecule has 0 bridgehead atoms. The first-order valence-electron chi connectivity index (χ1n) is 9.46. The van der Waals surface area contributed by atoms with Crippen LogP contribution in [0.3, 0.4) is 0 Å². The lowest BCUT2D eigenvalue weighted by atomic mass is 9.97. The van der Waals surface area contributed by atoms with Crippen LogP contribution in [0.15, 0.2) is 21.9 Å². The van der Waals surface area contributed by atoms with E-state index in [0.717, 1.165) is 19.0 Å². The Hall–Kier alpha value is -2.35. The van der Waals surface area contributed by atoms with E-state index in [1.165, 1.54) is 16.8 Å². The van der Waals surface area contributed by atoms with Gasteiger partial charge in [-0.3, -0.25) is 4.99 Å². The van der Waals surface area contributed by atoms with Crippen molar-refractivity contribution in [3.05, 3.63) is 22.5 Å². The van der Waals surface area contributed by atoms with Crippen molar-refractivity contribution >= 4 is 23.7 Å². The second-order valence-electron chi connectivity index (χ2n) is 7.04. The second-order valence-corrected chi connectivity index (χ2v) is 7.76. The average molecular weight is 480 g/mol. The number of aromatic nitrogens is 1. The number of likely N-dealkylation sites (N-methyl/N-ethyl adjacent to an activating group) is 1. The van der Waals surface area contributed by atoms with Crippen LogP contribution in [-0.2, 0) is 0 Å². The maximum atomic E-state index is 13.3. The topological polar surface area (TPSA) is 88.0 Å². The van der Waals surface area contributed by atoms with E-state index in [4.69, 9.17) is 4.74 Å². The zero-order valence-electron chi connectivity index (χ0n) is 16.8. The highest BCUT2D eigenvalue weighted by molar-refractivity contribution is 7.07. The zero-order chi connectivity index (χ0) is 23.5. The number of aliphatic hydroxyl groups is 1. The van der Waals surface area contributed by atoms with E-state index in [2.05, 4.69) is 32.1 Å². The number of rotatable bonds is 10. The number of benzene rings is 1. The summed E-state index contributed by atoms with van der Waals surface area (Å²) in [7, 11) is 1.81. The van der Waals surface area contributed by atoms with E-state index in [9.17, 15) is 27.1 Å². The Morgan fingerprint density at radius 2 is 2.09 bits per heavy atom. The van der Waals surface area contributed by atoms with Gasteiger partial charge in [-0.15, -0.1) is 24.5 Å². The van der Waals surface area contributed by atoms with Gasteiger partial charge in [0.1, 0.15) is 18.4 Å². The van der Waals surface area contributed by atoms with Crippen molar-refractivity contribution < 1.29 is 36.5 Å². The summed E-state index contributed by atoms with van der Waals surface area (Å²) in [6, 6.07) is 1.11. The number of aliphatic hydroxyl groups excluding tert-OH is 1. The summed E-state index contributed by atoms with van der Waals surface area (Å²) < 4.78 is 75.5. The Labute approximate surface area is 184 Å². The summed E-state index contributed by atoms with van der Waals surface area (Å²) >= 11 is 1.18. The molecule has 3 N–H and O–H groups in total. The molecule has 0 amide bonds. The summed E-state index contributed by atoms with van der Waals surface area (Å²) in [4.78, 5) is 7.67. The molecular weight excluding hydrogens is 459 g/mol. The zero-order valence-corrected chi connectivity index (χ0v) is 17.6. The number of hydrogen-bond acceptors (Lipinski definition) is 8. The minimum Gasteiger partial charge on any atom is -0.489 e. The first kappa shape index (κ1) is 24.3. The predicted octanol–water partition coefficient (Wildman–Crippen LogP) is 3.67. The van der Waals surface area contributed by atoms with E-state index in [-0.39, 0.29) is 35.7 Å². The van der Waals surface area contributed by atoms with Gasteiger partial charge in [-0.1, -0.05) is 0 Å². The van der Waals surface area contributed by atoms with Crippen LogP contribution in [0.4, 0.5) is 27.6 Å². The van der Waals surface area contributed by atoms with Gasteiger partial charge in [0.2, 0.25) is 0 Å². The van der Waals surface area contributed by atoms with E-state index in [1.54, 1.807) is 5.38 Å². The minimum absolute atomic E-state index is 0.0715. The summed E-state index contributed by atoms with van der Waals surface area (Å²) in [6.07, 6.45) is -10.4. The van der Waals surface area contributed by atoms with Gasteiger partial charge in [-0.25, -0.2) is 13.8 Å². The van der Waals surface area contributed by atoms with Crippen LogP contribution in [-0.4, -0.2) is 61.9 Å². The lowest BCUT2D eigenvalue weighted by Crippen LogP contribution is -2.58. The van der Waals surface area contributed by atoms with Crippen LogP contribution in [0, 0.1) is 0 Å². The molecule has 2 heterocycles. The maximum absolute atomic E-state index is 13.3. The van der Waals surface area contributed by atoms with Crippen LogP contribution in [0.1, 0.15) is 18.1 Å². The number of nitrogens with one attached hydrogen (secondary N) is 2. The number of halogens is 5. The van der Waals surface area contributed by atoms with Crippen molar-refractivity contribution in [2.24, 2.45) is 4.99 Å². The van der Waals surface area contributed by atoms with Crippen LogP contribution >= 0.6 is 11.3 Å². The molecule has 1 fully saturated rings. The van der Waals surface area contributed by atoms with Crippen LogP contribution in [0.5, 0.6) is 11.5 Å². The van der Waals surface area contributed by atoms with Gasteiger partial charge in [-0.05, 0) is 26.3 Å². The number of ether oxygens (including phenoxy) is 2. The third-order valence-corrected chi connectivity index (χ3v) is 5.38. The lowest BCUT2D eigenvalue weighted by Gasteiger charge is -2.37. The predicted molar refractivity (Wildman–Crippen MR) is 109 cm³/mol. The van der Waals surface area contributed by atoms with Crippen molar-refractivity contribution in [1.29, 1.82) is 0 Å². The van der Waals surface area contributed by atoms with E-state index < -0.39 is 35.9 Å². The fourth-order valence-corrected chi connectivity index (χ4v) is 3.95. The molecule has 0 aliphatic carbocycles. The SMILES string of the molecule is C=Nc1c(OCC2CC(CNC)N2)c(-c2cscn2)cc(C(O)C(F)F)c1OC(F)(F)F. The Morgan fingerprint density at radius 3 is 2.62 bits per heavy atom. The van der Waals surface area contributed by atoms with E-state index >= 15 is 0 Å². The molecular formula is C19H21F5N4O3S. The van der Waals surface area contributed by atoms with Gasteiger partial charge in [0.25, 0.3) is 6.43 Å². The van der Waals surface area contributed by atoms with Crippen molar-refractivity contribution in [3.63, 3.8) is 0 Å². The molecule has 1 saturated heterocycles. The molecule has 3 rings (SSSR count). The molecule has 0 radical (unpaired) electrons. The van der Waals surface area contributed by atoms with Crippen molar-refractivity contribution in [1.82, 2.24) is 15.6 Å². The van der Waals surface area contributed by atoms with Crippen LogP contribution in [0.2, 0.25) is 0 Å². The molecule has 1 aromatic heterocycles. The standard InChI is InChI=1S/C19H21F5N4O3S/c1-25-5-9-3-10(28-9)6-30-16-11(13-7-32-8-27-13)4-12(15(29)18(20)21)17(14(16)26-2)31-19(22,23)24/h4,7-10,15,18,25,28-29H,2-3,5-6H2,1H3. The molecule has 3 atom stereocenters. The Bertz CT molecular complexity index is 921. The van der Waals surface area contributed by atoms with Gasteiger partial charge in [0.05, 0.1) is 11.2 Å². The molecule has 1 aliphatic rings. The summed E-state index contributed by atoms with van der Waals surface area (Å²) in [5, 5.41) is 17.7. The van der Waals surface area contributed by atoms with E-state index in [0.29, 0.717) is 0 Å². The van der Waals surface area contributed by atoms with Crippen LogP contribution in [0.25, 0.3) is 11.3 Å². The summed E-state index contributed by atoms with van der Waals surface area (Å²) in [5.41, 5.74) is 0.452. The van der Waals surface area contributed by atoms with Gasteiger partial charge < -0.3 is 25.2 Å². The monoisotopic (exact) mass is 480 g/mol. The third kappa shape index (κ3) is 5.52. The minimum atomic E-state index is -5.23. The Morgan fingerprint density at radius 1 is 1.38 bits per heavy atom. The van der Waals surface area contributed by atoms with E-state index in [1.807, 2.05) is 7.05 Å². The molecule has 2 aromatic rings. The summed E-state index contributed by atoms with van der Waals surface area (Å²) in [6.45, 7) is 4.07. The third-order valence-electron chi connectivity index (χ3n) is 4.80. The molecule has 32 heavy (non-hydrogen) atoms.